The molecule has 0 aromatic rings. The Kier molecular flexibility index (Phi) is 9.88. The molecule has 1 fully saturated rings. The van der Waals surface area contributed by atoms with Crippen LogP contribution >= 0.6 is 24.0 Å². The van der Waals surface area contributed by atoms with Crippen LogP contribution in [0.15, 0.2) is 4.99 Å². The summed E-state index contributed by atoms with van der Waals surface area (Å²) in [6.07, 6.45) is 3.60. The van der Waals surface area contributed by atoms with Crippen LogP contribution in [0, 0.1) is 11.8 Å². The average molecular weight is 440 g/mol. The van der Waals surface area contributed by atoms with Crippen LogP contribution in [0.5, 0.6) is 0 Å². The van der Waals surface area contributed by atoms with Crippen molar-refractivity contribution < 1.29 is 9.53 Å². The van der Waals surface area contributed by atoms with Gasteiger partial charge in [-0.3, -0.25) is 4.99 Å². The first-order valence-electron chi connectivity index (χ1n) is 8.15. The van der Waals surface area contributed by atoms with E-state index in [1.807, 2.05) is 27.7 Å². The molecule has 1 saturated carbocycles. The molecule has 0 bridgehead atoms. The number of halogens is 1. The fraction of sp³-hybridized carbons (Fsp3) is 0.875. The second-order valence-electron chi connectivity index (χ2n) is 7.37. The Morgan fingerprint density at radius 3 is 2.52 bits per heavy atom. The summed E-state index contributed by atoms with van der Waals surface area (Å²) in [5, 5.41) is 3.17. The van der Waals surface area contributed by atoms with Crippen LogP contribution in [0.25, 0.3) is 0 Å². The Balaban J connectivity index is 0.00000484. The second kappa shape index (κ2) is 10.2. The van der Waals surface area contributed by atoms with Gasteiger partial charge in [-0.1, -0.05) is 13.3 Å². The maximum Gasteiger partial charge on any atom is 0.410 e. The third-order valence-corrected chi connectivity index (χ3v) is 3.66. The normalized spacial score (nSPS) is 16.8. The summed E-state index contributed by atoms with van der Waals surface area (Å²) in [6.45, 7) is 9.73. The molecular formula is C16H33IN4O2. The van der Waals surface area contributed by atoms with Crippen LogP contribution in [-0.4, -0.2) is 49.2 Å². The van der Waals surface area contributed by atoms with Gasteiger partial charge < -0.3 is 20.7 Å². The Hall–Kier alpha value is -0.730. The Bertz CT molecular complexity index is 392. The minimum absolute atomic E-state index is 0. The summed E-state index contributed by atoms with van der Waals surface area (Å²) in [6, 6.07) is 0. The molecule has 23 heavy (non-hydrogen) atoms. The molecule has 0 saturated heterocycles. The number of carbonyl (C=O) groups excluding carboxylic acids is 1. The number of nitrogens with zero attached hydrogens (tertiary/aromatic N) is 2. The van der Waals surface area contributed by atoms with Gasteiger partial charge in [-0.15, -0.1) is 24.0 Å². The lowest BCUT2D eigenvalue weighted by Crippen LogP contribution is -2.39. The van der Waals surface area contributed by atoms with Crippen molar-refractivity contribution in [1.29, 1.82) is 0 Å². The lowest BCUT2D eigenvalue weighted by molar-refractivity contribution is 0.0279. The van der Waals surface area contributed by atoms with Crippen LogP contribution in [0.1, 0.15) is 47.0 Å². The van der Waals surface area contributed by atoms with E-state index in [9.17, 15) is 4.79 Å². The van der Waals surface area contributed by atoms with E-state index in [0.29, 0.717) is 19.0 Å². The molecule has 1 aliphatic carbocycles. The summed E-state index contributed by atoms with van der Waals surface area (Å²) < 4.78 is 5.32. The monoisotopic (exact) mass is 440 g/mol. The van der Waals surface area contributed by atoms with Crippen molar-refractivity contribution >= 4 is 36.0 Å². The SMILES string of the molecule is CC(CN=C(N)NCC1CCC1)CN(C)C(=O)OC(C)(C)C.I. The predicted octanol–water partition coefficient (Wildman–Crippen LogP) is 2.81. The third kappa shape index (κ3) is 9.88. The van der Waals surface area contributed by atoms with E-state index in [1.165, 1.54) is 19.3 Å². The van der Waals surface area contributed by atoms with Gasteiger partial charge in [0.2, 0.25) is 0 Å². The van der Waals surface area contributed by atoms with E-state index < -0.39 is 5.60 Å². The van der Waals surface area contributed by atoms with E-state index in [-0.39, 0.29) is 36.0 Å². The van der Waals surface area contributed by atoms with Crippen LogP contribution in [-0.2, 0) is 4.74 Å². The summed E-state index contributed by atoms with van der Waals surface area (Å²) in [4.78, 5) is 17.8. The van der Waals surface area contributed by atoms with Crippen LogP contribution in [0.4, 0.5) is 4.79 Å². The van der Waals surface area contributed by atoms with E-state index >= 15 is 0 Å². The first kappa shape index (κ1) is 22.3. The zero-order valence-corrected chi connectivity index (χ0v) is 17.4. The molecule has 6 nitrogen and oxygen atoms in total. The summed E-state index contributed by atoms with van der Waals surface area (Å²) in [5.41, 5.74) is 5.39. The topological polar surface area (TPSA) is 80.0 Å². The van der Waals surface area contributed by atoms with Crippen LogP contribution in [0.3, 0.4) is 0 Å². The molecule has 0 heterocycles. The highest BCUT2D eigenvalue weighted by atomic mass is 127. The second-order valence-corrected chi connectivity index (χ2v) is 7.37. The molecule has 7 heteroatoms. The quantitative estimate of drug-likeness (QED) is 0.378. The molecule has 0 radical (unpaired) electrons. The van der Waals surface area contributed by atoms with E-state index in [0.717, 1.165) is 12.5 Å². The number of aliphatic imine (C=N–C) groups is 1. The molecule has 1 aliphatic rings. The van der Waals surface area contributed by atoms with Gasteiger partial charge in [0.1, 0.15) is 5.60 Å². The van der Waals surface area contributed by atoms with Crippen molar-refractivity contribution in [1.82, 2.24) is 10.2 Å². The number of amides is 1. The lowest BCUT2D eigenvalue weighted by Gasteiger charge is -2.26. The minimum atomic E-state index is -0.470. The van der Waals surface area contributed by atoms with Crippen molar-refractivity contribution in [3.8, 4) is 0 Å². The van der Waals surface area contributed by atoms with Gasteiger partial charge in [-0.05, 0) is 45.4 Å². The molecule has 0 aromatic heterocycles. The molecule has 0 aliphatic heterocycles. The van der Waals surface area contributed by atoms with Gasteiger partial charge in [0.05, 0.1) is 0 Å². The first-order valence-corrected chi connectivity index (χ1v) is 8.15. The van der Waals surface area contributed by atoms with Crippen molar-refractivity contribution in [2.75, 3.05) is 26.7 Å². The number of carbonyl (C=O) groups is 1. The van der Waals surface area contributed by atoms with E-state index in [2.05, 4.69) is 10.3 Å². The van der Waals surface area contributed by atoms with Gasteiger partial charge >= 0.3 is 6.09 Å². The predicted molar refractivity (Wildman–Crippen MR) is 105 cm³/mol. The van der Waals surface area contributed by atoms with Gasteiger partial charge in [0, 0.05) is 26.7 Å². The van der Waals surface area contributed by atoms with Gasteiger partial charge in [0.25, 0.3) is 0 Å². The Morgan fingerprint density at radius 1 is 1.43 bits per heavy atom. The van der Waals surface area contributed by atoms with Gasteiger partial charge in [-0.2, -0.15) is 0 Å². The van der Waals surface area contributed by atoms with Crippen molar-refractivity contribution in [3.05, 3.63) is 0 Å². The zero-order valence-electron chi connectivity index (χ0n) is 15.1. The molecule has 1 atom stereocenters. The molecule has 136 valence electrons. The summed E-state index contributed by atoms with van der Waals surface area (Å²) in [5.74, 6) is 1.48. The molecule has 1 amide bonds. The Labute approximate surface area is 157 Å². The third-order valence-electron chi connectivity index (χ3n) is 3.66. The average Bonchev–Trinajstić information content (AvgIpc) is 2.32. The highest BCUT2D eigenvalue weighted by Gasteiger charge is 2.20. The molecule has 1 rings (SSSR count). The first-order chi connectivity index (χ1) is 10.2. The lowest BCUT2D eigenvalue weighted by atomic mass is 9.85. The molecule has 0 aromatic carbocycles. The maximum atomic E-state index is 11.9. The number of guanidine groups is 1. The van der Waals surface area contributed by atoms with Crippen molar-refractivity contribution in [3.63, 3.8) is 0 Å². The van der Waals surface area contributed by atoms with Crippen molar-refractivity contribution in [2.24, 2.45) is 22.6 Å². The number of hydrogen-bond donors (Lipinski definition) is 2. The largest absolute Gasteiger partial charge is 0.444 e. The van der Waals surface area contributed by atoms with Gasteiger partial charge in [-0.25, -0.2) is 4.79 Å². The number of hydrogen-bond acceptors (Lipinski definition) is 3. The molecule has 1 unspecified atom stereocenters. The standard InChI is InChI=1S/C16H32N4O2.HI/c1-12(11-20(5)15(21)22-16(2,3)4)9-18-14(17)19-10-13-7-6-8-13;/h12-13H,6-11H2,1-5H3,(H3,17,18,19);1H. The highest BCUT2D eigenvalue weighted by Crippen LogP contribution is 2.24. The molecular weight excluding hydrogens is 407 g/mol. The maximum absolute atomic E-state index is 11.9. The van der Waals surface area contributed by atoms with Crippen LogP contribution in [0.2, 0.25) is 0 Å². The smallest absolute Gasteiger partial charge is 0.410 e. The molecule has 0 spiro atoms. The number of nitrogens with two attached hydrogens (primary N) is 1. The summed E-state index contributed by atoms with van der Waals surface area (Å²) >= 11 is 0. The zero-order chi connectivity index (χ0) is 16.8. The Morgan fingerprint density at radius 2 is 2.04 bits per heavy atom. The van der Waals surface area contributed by atoms with E-state index in [4.69, 9.17) is 10.5 Å². The fourth-order valence-corrected chi connectivity index (χ4v) is 2.20. The summed E-state index contributed by atoms with van der Waals surface area (Å²) in [7, 11) is 1.74. The molecule has 3 N–H and O–H groups in total. The van der Waals surface area contributed by atoms with Crippen molar-refractivity contribution in [2.45, 2.75) is 52.6 Å². The minimum Gasteiger partial charge on any atom is -0.444 e. The fourth-order valence-electron chi connectivity index (χ4n) is 2.20. The van der Waals surface area contributed by atoms with E-state index in [1.54, 1.807) is 11.9 Å². The number of ether oxygens (including phenoxy) is 1. The number of rotatable bonds is 6. The number of nitrogens with one attached hydrogen (secondary N) is 1. The van der Waals surface area contributed by atoms with Gasteiger partial charge in [0.15, 0.2) is 5.96 Å². The van der Waals surface area contributed by atoms with Crippen LogP contribution < -0.4 is 11.1 Å². The highest BCUT2D eigenvalue weighted by molar-refractivity contribution is 14.0.